The summed E-state index contributed by atoms with van der Waals surface area (Å²) in [4.78, 5) is 16.3. The fraction of sp³-hybridized carbons (Fsp3) is 0.667. The van der Waals surface area contributed by atoms with E-state index in [2.05, 4.69) is 15.6 Å². The second-order valence-electron chi connectivity index (χ2n) is 4.59. The fourth-order valence-electron chi connectivity index (χ4n) is 1.87. The Kier molecular flexibility index (Phi) is 4.31. The standard InChI is InChI=1S/C12H19N3O2S/c1-7-4-5-10(17-7)11(16)15-12-14-9(6-18-12)8(2)13-3/h6-8,10,13H,4-5H2,1-3H3,(H,14,15,16). The zero-order chi connectivity index (χ0) is 13.1. The Morgan fingerprint density at radius 1 is 1.61 bits per heavy atom. The molecule has 1 aliphatic heterocycles. The first-order valence-corrected chi connectivity index (χ1v) is 7.07. The monoisotopic (exact) mass is 269 g/mol. The Labute approximate surface area is 111 Å². The minimum absolute atomic E-state index is 0.0858. The van der Waals surface area contributed by atoms with E-state index in [-0.39, 0.29) is 24.2 Å². The van der Waals surface area contributed by atoms with Gasteiger partial charge in [-0.15, -0.1) is 11.3 Å². The number of carbonyl (C=O) groups excluding carboxylic acids is 1. The number of carbonyl (C=O) groups is 1. The van der Waals surface area contributed by atoms with Crippen molar-refractivity contribution in [3.05, 3.63) is 11.1 Å². The van der Waals surface area contributed by atoms with Gasteiger partial charge in [-0.25, -0.2) is 4.98 Å². The summed E-state index contributed by atoms with van der Waals surface area (Å²) in [6.07, 6.45) is 1.59. The molecule has 1 saturated heterocycles. The molecule has 0 bridgehead atoms. The van der Waals surface area contributed by atoms with Crippen LogP contribution >= 0.6 is 11.3 Å². The van der Waals surface area contributed by atoms with Gasteiger partial charge in [0.15, 0.2) is 5.13 Å². The number of aromatic nitrogens is 1. The zero-order valence-electron chi connectivity index (χ0n) is 10.9. The van der Waals surface area contributed by atoms with Crippen molar-refractivity contribution in [1.29, 1.82) is 0 Å². The molecule has 0 aliphatic carbocycles. The van der Waals surface area contributed by atoms with Crippen LogP contribution in [0, 0.1) is 0 Å². The van der Waals surface area contributed by atoms with E-state index in [1.807, 2.05) is 26.3 Å². The molecule has 0 radical (unpaired) electrons. The van der Waals surface area contributed by atoms with Crippen molar-refractivity contribution in [2.24, 2.45) is 0 Å². The van der Waals surface area contributed by atoms with Crippen molar-refractivity contribution < 1.29 is 9.53 Å². The average Bonchev–Trinajstić information content (AvgIpc) is 2.97. The van der Waals surface area contributed by atoms with E-state index in [1.54, 1.807) is 0 Å². The van der Waals surface area contributed by atoms with Crippen LogP contribution in [0.1, 0.15) is 38.4 Å². The maximum Gasteiger partial charge on any atom is 0.255 e. The van der Waals surface area contributed by atoms with Crippen molar-refractivity contribution in [3.8, 4) is 0 Å². The van der Waals surface area contributed by atoms with Gasteiger partial charge in [-0.1, -0.05) is 0 Å². The molecule has 1 aromatic heterocycles. The van der Waals surface area contributed by atoms with Crippen molar-refractivity contribution in [2.75, 3.05) is 12.4 Å². The minimum Gasteiger partial charge on any atom is -0.365 e. The molecule has 100 valence electrons. The second-order valence-corrected chi connectivity index (χ2v) is 5.45. The van der Waals surface area contributed by atoms with Crippen molar-refractivity contribution >= 4 is 22.4 Å². The third kappa shape index (κ3) is 3.07. The van der Waals surface area contributed by atoms with Gasteiger partial charge < -0.3 is 10.1 Å². The number of ether oxygens (including phenoxy) is 1. The van der Waals surface area contributed by atoms with E-state index < -0.39 is 0 Å². The van der Waals surface area contributed by atoms with E-state index in [1.165, 1.54) is 11.3 Å². The molecule has 5 nitrogen and oxygen atoms in total. The van der Waals surface area contributed by atoms with Crippen LogP contribution in [0.5, 0.6) is 0 Å². The largest absolute Gasteiger partial charge is 0.365 e. The third-order valence-corrected chi connectivity index (χ3v) is 3.93. The first-order chi connectivity index (χ1) is 8.60. The summed E-state index contributed by atoms with van der Waals surface area (Å²) >= 11 is 1.44. The van der Waals surface area contributed by atoms with Gasteiger partial charge in [0.05, 0.1) is 11.8 Å². The van der Waals surface area contributed by atoms with Gasteiger partial charge >= 0.3 is 0 Å². The van der Waals surface area contributed by atoms with Crippen LogP contribution in [0.15, 0.2) is 5.38 Å². The van der Waals surface area contributed by atoms with E-state index in [0.717, 1.165) is 18.5 Å². The fourth-order valence-corrected chi connectivity index (χ4v) is 2.68. The lowest BCUT2D eigenvalue weighted by Gasteiger charge is -2.10. The second kappa shape index (κ2) is 5.77. The molecular weight excluding hydrogens is 250 g/mol. The first kappa shape index (κ1) is 13.5. The molecule has 1 aromatic rings. The number of amides is 1. The molecule has 2 rings (SSSR count). The van der Waals surface area contributed by atoms with Gasteiger partial charge in [0, 0.05) is 11.4 Å². The topological polar surface area (TPSA) is 63.2 Å². The molecule has 1 aliphatic rings. The molecule has 1 amide bonds. The van der Waals surface area contributed by atoms with Crippen LogP contribution in [-0.4, -0.2) is 30.1 Å². The van der Waals surface area contributed by atoms with E-state index in [4.69, 9.17) is 4.74 Å². The predicted molar refractivity (Wildman–Crippen MR) is 71.8 cm³/mol. The SMILES string of the molecule is CNC(C)c1csc(NC(=O)C2CCC(C)O2)n1. The van der Waals surface area contributed by atoms with Crippen LogP contribution in [-0.2, 0) is 9.53 Å². The summed E-state index contributed by atoms with van der Waals surface area (Å²) in [6, 6.07) is 0.189. The van der Waals surface area contributed by atoms with E-state index in [0.29, 0.717) is 5.13 Å². The van der Waals surface area contributed by atoms with Gasteiger partial charge in [-0.3, -0.25) is 10.1 Å². The number of rotatable bonds is 4. The van der Waals surface area contributed by atoms with Crippen molar-refractivity contribution in [2.45, 2.75) is 44.9 Å². The molecular formula is C12H19N3O2S. The molecule has 3 atom stereocenters. The summed E-state index contributed by atoms with van der Waals surface area (Å²) in [6.45, 7) is 4.02. The summed E-state index contributed by atoms with van der Waals surface area (Å²) in [7, 11) is 1.88. The first-order valence-electron chi connectivity index (χ1n) is 6.19. The lowest BCUT2D eigenvalue weighted by Crippen LogP contribution is -2.27. The number of hydrogen-bond acceptors (Lipinski definition) is 5. The Hall–Kier alpha value is -0.980. The number of hydrogen-bond donors (Lipinski definition) is 2. The summed E-state index contributed by atoms with van der Waals surface area (Å²) in [5.41, 5.74) is 0.943. The van der Waals surface area contributed by atoms with Gasteiger partial charge in [-0.05, 0) is 33.7 Å². The van der Waals surface area contributed by atoms with Gasteiger partial charge in [0.25, 0.3) is 5.91 Å². The average molecular weight is 269 g/mol. The molecule has 1 fully saturated rings. The lowest BCUT2D eigenvalue weighted by molar-refractivity contribution is -0.126. The molecule has 18 heavy (non-hydrogen) atoms. The van der Waals surface area contributed by atoms with Crippen LogP contribution < -0.4 is 10.6 Å². The maximum absolute atomic E-state index is 11.9. The highest BCUT2D eigenvalue weighted by molar-refractivity contribution is 7.13. The number of nitrogens with one attached hydrogen (secondary N) is 2. The number of anilines is 1. The number of nitrogens with zero attached hydrogens (tertiary/aromatic N) is 1. The predicted octanol–water partition coefficient (Wildman–Crippen LogP) is 1.93. The number of thiazole rings is 1. The van der Waals surface area contributed by atoms with Crippen molar-refractivity contribution in [1.82, 2.24) is 10.3 Å². The molecule has 3 unspecified atom stereocenters. The molecule has 2 N–H and O–H groups in total. The Morgan fingerprint density at radius 2 is 2.39 bits per heavy atom. The van der Waals surface area contributed by atoms with E-state index >= 15 is 0 Å². The third-order valence-electron chi connectivity index (χ3n) is 3.15. The van der Waals surface area contributed by atoms with Crippen molar-refractivity contribution in [3.63, 3.8) is 0 Å². The minimum atomic E-state index is -0.325. The zero-order valence-corrected chi connectivity index (χ0v) is 11.7. The Bertz CT molecular complexity index is 421. The molecule has 0 spiro atoms. The molecule has 6 heteroatoms. The normalized spacial score (nSPS) is 25.1. The highest BCUT2D eigenvalue weighted by Gasteiger charge is 2.28. The smallest absolute Gasteiger partial charge is 0.255 e. The highest BCUT2D eigenvalue weighted by Crippen LogP contribution is 2.23. The highest BCUT2D eigenvalue weighted by atomic mass is 32.1. The summed E-state index contributed by atoms with van der Waals surface area (Å²) in [5, 5.41) is 8.53. The molecule has 0 aromatic carbocycles. The Morgan fingerprint density at radius 3 is 3.00 bits per heavy atom. The van der Waals surface area contributed by atoms with Crippen LogP contribution in [0.3, 0.4) is 0 Å². The van der Waals surface area contributed by atoms with Gasteiger partial charge in [0.1, 0.15) is 6.10 Å². The molecule has 0 saturated carbocycles. The van der Waals surface area contributed by atoms with Crippen LogP contribution in [0.25, 0.3) is 0 Å². The van der Waals surface area contributed by atoms with Gasteiger partial charge in [-0.2, -0.15) is 0 Å². The summed E-state index contributed by atoms with van der Waals surface area (Å²) < 4.78 is 5.52. The maximum atomic E-state index is 11.9. The summed E-state index contributed by atoms with van der Waals surface area (Å²) in [5.74, 6) is -0.0858. The quantitative estimate of drug-likeness (QED) is 0.876. The molecule has 2 heterocycles. The van der Waals surface area contributed by atoms with Crippen LogP contribution in [0.4, 0.5) is 5.13 Å². The lowest BCUT2D eigenvalue weighted by atomic mass is 10.2. The van der Waals surface area contributed by atoms with E-state index in [9.17, 15) is 4.79 Å². The van der Waals surface area contributed by atoms with Crippen LogP contribution in [0.2, 0.25) is 0 Å². The van der Waals surface area contributed by atoms with Gasteiger partial charge in [0.2, 0.25) is 0 Å². The Balaban J connectivity index is 1.93.